The third-order valence-electron chi connectivity index (χ3n) is 4.53. The van der Waals surface area contributed by atoms with Crippen molar-refractivity contribution in [1.82, 2.24) is 9.88 Å². The minimum absolute atomic E-state index is 0.247. The van der Waals surface area contributed by atoms with Gasteiger partial charge in [-0.15, -0.1) is 11.3 Å². The number of nitrogens with zero attached hydrogens (tertiary/aromatic N) is 1. The quantitative estimate of drug-likeness (QED) is 0.861. The summed E-state index contributed by atoms with van der Waals surface area (Å²) in [6.45, 7) is 8.29. The largest absolute Gasteiger partial charge is 0.342 e. The minimum atomic E-state index is 0.247. The highest BCUT2D eigenvalue weighted by Crippen LogP contribution is 2.37. The van der Waals surface area contributed by atoms with Crippen molar-refractivity contribution in [3.63, 3.8) is 0 Å². The molecule has 0 aliphatic carbocycles. The van der Waals surface area contributed by atoms with Gasteiger partial charge < -0.3 is 9.88 Å². The second-order valence-corrected chi connectivity index (χ2v) is 7.28. The van der Waals surface area contributed by atoms with Crippen LogP contribution in [-0.4, -0.2) is 28.9 Å². The van der Waals surface area contributed by atoms with Gasteiger partial charge in [0.1, 0.15) is 0 Å². The number of carbonyl (C=O) groups excluding carboxylic acids is 1. The van der Waals surface area contributed by atoms with E-state index in [9.17, 15) is 4.79 Å². The van der Waals surface area contributed by atoms with Gasteiger partial charge in [-0.25, -0.2) is 0 Å². The third-order valence-corrected chi connectivity index (χ3v) is 5.86. The van der Waals surface area contributed by atoms with Crippen molar-refractivity contribution in [2.24, 2.45) is 5.41 Å². The first kappa shape index (κ1) is 14.7. The van der Waals surface area contributed by atoms with E-state index in [0.717, 1.165) is 46.9 Å². The van der Waals surface area contributed by atoms with Crippen LogP contribution in [-0.2, 0) is 11.2 Å². The fraction of sp³-hybridized carbons (Fsp3) is 0.714. The molecule has 19 heavy (non-hydrogen) atoms. The van der Waals surface area contributed by atoms with E-state index in [4.69, 9.17) is 12.2 Å². The summed E-state index contributed by atoms with van der Waals surface area (Å²) >= 11 is 6.64. The number of thiazole rings is 1. The molecule has 2 rings (SSSR count). The van der Waals surface area contributed by atoms with Crippen LogP contribution in [0, 0.1) is 16.3 Å². The summed E-state index contributed by atoms with van der Waals surface area (Å²) in [4.78, 5) is 18.6. The molecule has 0 spiro atoms. The van der Waals surface area contributed by atoms with Crippen LogP contribution in [0.2, 0.25) is 0 Å². The molecular weight excluding hydrogens is 276 g/mol. The molecule has 1 amide bonds. The molecule has 3 nitrogen and oxygen atoms in total. The molecule has 0 bridgehead atoms. The van der Waals surface area contributed by atoms with Gasteiger partial charge in [-0.2, -0.15) is 0 Å². The van der Waals surface area contributed by atoms with E-state index in [-0.39, 0.29) is 5.91 Å². The molecule has 0 unspecified atom stereocenters. The number of carbonyl (C=O) groups is 1. The summed E-state index contributed by atoms with van der Waals surface area (Å²) in [5.74, 6) is 0.247. The second kappa shape index (κ2) is 5.75. The summed E-state index contributed by atoms with van der Waals surface area (Å²) in [6, 6.07) is 0. The Balaban J connectivity index is 2.02. The molecule has 0 atom stereocenters. The van der Waals surface area contributed by atoms with Crippen LogP contribution >= 0.6 is 23.6 Å². The molecule has 2 heterocycles. The first-order valence-electron chi connectivity index (χ1n) is 6.96. The first-order valence-corrected chi connectivity index (χ1v) is 8.18. The number of aryl methyl sites for hydroxylation is 1. The zero-order valence-corrected chi connectivity index (χ0v) is 13.5. The Morgan fingerprint density at radius 2 is 2.16 bits per heavy atom. The van der Waals surface area contributed by atoms with Crippen molar-refractivity contribution in [3.05, 3.63) is 14.5 Å². The number of H-pyrrole nitrogens is 1. The molecule has 0 saturated carbocycles. The molecule has 1 saturated heterocycles. The van der Waals surface area contributed by atoms with Gasteiger partial charge in [0, 0.05) is 23.7 Å². The standard InChI is InChI=1S/C14H22N2OS2/c1-4-14(5-2)6-7-16(9-14)12(17)8-11-10(3)15-13(18)19-11/h4-9H2,1-3H3,(H,15,18). The topological polar surface area (TPSA) is 36.1 Å². The van der Waals surface area contributed by atoms with Crippen LogP contribution in [0.15, 0.2) is 0 Å². The van der Waals surface area contributed by atoms with Gasteiger partial charge in [0.2, 0.25) is 5.91 Å². The van der Waals surface area contributed by atoms with Crippen molar-refractivity contribution in [3.8, 4) is 0 Å². The Morgan fingerprint density at radius 1 is 1.47 bits per heavy atom. The number of aromatic nitrogens is 1. The Kier molecular flexibility index (Phi) is 4.46. The van der Waals surface area contributed by atoms with Gasteiger partial charge in [-0.1, -0.05) is 13.8 Å². The Hall–Kier alpha value is -0.680. The molecule has 106 valence electrons. The molecule has 1 aromatic heterocycles. The summed E-state index contributed by atoms with van der Waals surface area (Å²) in [5, 5.41) is 0. The zero-order valence-electron chi connectivity index (χ0n) is 11.9. The van der Waals surface area contributed by atoms with E-state index in [1.165, 1.54) is 11.3 Å². The maximum absolute atomic E-state index is 12.4. The van der Waals surface area contributed by atoms with Crippen LogP contribution < -0.4 is 0 Å². The third kappa shape index (κ3) is 3.08. The van der Waals surface area contributed by atoms with Crippen LogP contribution in [0.5, 0.6) is 0 Å². The molecule has 5 heteroatoms. The van der Waals surface area contributed by atoms with E-state index in [1.807, 2.05) is 11.8 Å². The number of hydrogen-bond acceptors (Lipinski definition) is 3. The molecule has 1 aliphatic rings. The predicted molar refractivity (Wildman–Crippen MR) is 82.2 cm³/mol. The van der Waals surface area contributed by atoms with Crippen LogP contribution in [0.4, 0.5) is 0 Å². The monoisotopic (exact) mass is 298 g/mol. The number of likely N-dealkylation sites (tertiary alicyclic amines) is 1. The number of hydrogen-bond donors (Lipinski definition) is 1. The van der Waals surface area contributed by atoms with E-state index < -0.39 is 0 Å². The minimum Gasteiger partial charge on any atom is -0.342 e. The van der Waals surface area contributed by atoms with Gasteiger partial charge in [-0.05, 0) is 43.8 Å². The van der Waals surface area contributed by atoms with Crippen molar-refractivity contribution in [1.29, 1.82) is 0 Å². The highest BCUT2D eigenvalue weighted by atomic mass is 32.1. The lowest BCUT2D eigenvalue weighted by Crippen LogP contribution is -2.32. The van der Waals surface area contributed by atoms with Gasteiger partial charge in [0.15, 0.2) is 3.95 Å². The van der Waals surface area contributed by atoms with Crippen LogP contribution in [0.1, 0.15) is 43.7 Å². The smallest absolute Gasteiger partial charge is 0.227 e. The highest BCUT2D eigenvalue weighted by molar-refractivity contribution is 7.73. The maximum atomic E-state index is 12.4. The van der Waals surface area contributed by atoms with Gasteiger partial charge in [0.25, 0.3) is 0 Å². The number of nitrogens with one attached hydrogen (secondary N) is 1. The molecule has 0 radical (unpaired) electrons. The fourth-order valence-electron chi connectivity index (χ4n) is 2.83. The lowest BCUT2D eigenvalue weighted by molar-refractivity contribution is -0.129. The normalized spacial score (nSPS) is 17.9. The Labute approximate surface area is 124 Å². The van der Waals surface area contributed by atoms with Crippen LogP contribution in [0.3, 0.4) is 0 Å². The van der Waals surface area contributed by atoms with Gasteiger partial charge in [0.05, 0.1) is 6.42 Å². The number of aromatic amines is 1. The number of rotatable bonds is 4. The summed E-state index contributed by atoms with van der Waals surface area (Å²) in [7, 11) is 0. The van der Waals surface area contributed by atoms with Crippen molar-refractivity contribution in [2.45, 2.75) is 46.5 Å². The molecule has 1 aliphatic heterocycles. The first-order chi connectivity index (χ1) is 8.99. The maximum Gasteiger partial charge on any atom is 0.227 e. The van der Waals surface area contributed by atoms with E-state index in [1.54, 1.807) is 0 Å². The average molecular weight is 298 g/mol. The number of amides is 1. The fourth-order valence-corrected chi connectivity index (χ4v) is 4.11. The second-order valence-electron chi connectivity index (χ2n) is 5.51. The summed E-state index contributed by atoms with van der Waals surface area (Å²) in [6.07, 6.45) is 3.96. The predicted octanol–water partition coefficient (Wildman–Crippen LogP) is 3.70. The summed E-state index contributed by atoms with van der Waals surface area (Å²) in [5.41, 5.74) is 1.40. The van der Waals surface area contributed by atoms with Crippen molar-refractivity contribution < 1.29 is 4.79 Å². The average Bonchev–Trinajstić information content (AvgIpc) is 2.94. The van der Waals surface area contributed by atoms with E-state index >= 15 is 0 Å². The lowest BCUT2D eigenvalue weighted by atomic mass is 9.82. The zero-order chi connectivity index (χ0) is 14.0. The molecular formula is C14H22N2OS2. The van der Waals surface area contributed by atoms with E-state index in [2.05, 4.69) is 18.8 Å². The Bertz CT molecular complexity index is 514. The highest BCUT2D eigenvalue weighted by Gasteiger charge is 2.36. The summed E-state index contributed by atoms with van der Waals surface area (Å²) < 4.78 is 0.762. The lowest BCUT2D eigenvalue weighted by Gasteiger charge is -2.26. The molecule has 1 aromatic rings. The SMILES string of the molecule is CCC1(CC)CCN(C(=O)Cc2sc(=S)[nH]c2C)C1. The molecule has 1 N–H and O–H groups in total. The van der Waals surface area contributed by atoms with Crippen molar-refractivity contribution in [2.75, 3.05) is 13.1 Å². The van der Waals surface area contributed by atoms with E-state index in [0.29, 0.717) is 11.8 Å². The Morgan fingerprint density at radius 3 is 2.63 bits per heavy atom. The molecule has 1 fully saturated rings. The van der Waals surface area contributed by atoms with Crippen LogP contribution in [0.25, 0.3) is 0 Å². The van der Waals surface area contributed by atoms with Gasteiger partial charge in [-0.3, -0.25) is 4.79 Å². The van der Waals surface area contributed by atoms with Gasteiger partial charge >= 0.3 is 0 Å². The molecule has 0 aromatic carbocycles. The van der Waals surface area contributed by atoms with Crippen molar-refractivity contribution >= 4 is 29.5 Å².